The number of aromatic nitrogens is 3. The van der Waals surface area contributed by atoms with Gasteiger partial charge in [0.2, 0.25) is 5.95 Å². The van der Waals surface area contributed by atoms with Crippen molar-refractivity contribution >= 4 is 17.5 Å². The van der Waals surface area contributed by atoms with Crippen LogP contribution in [0.3, 0.4) is 0 Å². The standard InChI is InChI=1S/C12H13ClN4/c1-17(9-11-4-2-3-5-14-11)12-15-7-10(6-13)8-16-12/h2-5,7-8H,6,9H2,1H3. The minimum atomic E-state index is 0.435. The summed E-state index contributed by atoms with van der Waals surface area (Å²) in [5.74, 6) is 1.11. The van der Waals surface area contributed by atoms with Crippen LogP contribution in [-0.2, 0) is 12.4 Å². The fourth-order valence-corrected chi connectivity index (χ4v) is 1.56. The maximum absolute atomic E-state index is 5.68. The molecule has 0 fully saturated rings. The SMILES string of the molecule is CN(Cc1ccccn1)c1ncc(CCl)cn1. The number of rotatable bonds is 4. The average molecular weight is 249 g/mol. The molecule has 4 nitrogen and oxygen atoms in total. The Morgan fingerprint density at radius 1 is 1.18 bits per heavy atom. The van der Waals surface area contributed by atoms with Crippen LogP contribution in [0.4, 0.5) is 5.95 Å². The number of anilines is 1. The maximum Gasteiger partial charge on any atom is 0.225 e. The number of alkyl halides is 1. The lowest BCUT2D eigenvalue weighted by molar-refractivity contribution is 0.838. The summed E-state index contributed by atoms with van der Waals surface area (Å²) in [4.78, 5) is 14.7. The summed E-state index contributed by atoms with van der Waals surface area (Å²) in [6, 6.07) is 5.84. The van der Waals surface area contributed by atoms with Crippen molar-refractivity contribution in [2.45, 2.75) is 12.4 Å². The summed E-state index contributed by atoms with van der Waals surface area (Å²) in [5, 5.41) is 0. The van der Waals surface area contributed by atoms with Crippen LogP contribution in [0.1, 0.15) is 11.3 Å². The lowest BCUT2D eigenvalue weighted by Crippen LogP contribution is -2.19. The number of halogens is 1. The molecule has 2 aromatic rings. The summed E-state index contributed by atoms with van der Waals surface area (Å²) in [7, 11) is 1.93. The first-order valence-electron chi connectivity index (χ1n) is 5.27. The van der Waals surface area contributed by atoms with E-state index in [0.717, 1.165) is 11.3 Å². The largest absolute Gasteiger partial charge is 0.338 e. The number of pyridine rings is 1. The number of nitrogens with zero attached hydrogens (tertiary/aromatic N) is 4. The molecule has 0 saturated heterocycles. The van der Waals surface area contributed by atoms with E-state index in [1.165, 1.54) is 0 Å². The zero-order valence-corrected chi connectivity index (χ0v) is 10.3. The van der Waals surface area contributed by atoms with Crippen molar-refractivity contribution in [3.8, 4) is 0 Å². The third-order valence-corrected chi connectivity index (χ3v) is 2.62. The van der Waals surface area contributed by atoms with Gasteiger partial charge in [0.15, 0.2) is 0 Å². The van der Waals surface area contributed by atoms with Crippen LogP contribution >= 0.6 is 11.6 Å². The predicted octanol–water partition coefficient (Wildman–Crippen LogP) is 2.25. The number of hydrogen-bond donors (Lipinski definition) is 0. The second kappa shape index (κ2) is 5.59. The van der Waals surface area contributed by atoms with Gasteiger partial charge in [0.25, 0.3) is 0 Å². The fraction of sp³-hybridized carbons (Fsp3) is 0.250. The monoisotopic (exact) mass is 248 g/mol. The molecule has 0 atom stereocenters. The molecule has 2 aromatic heterocycles. The molecular formula is C12H13ClN4. The zero-order valence-electron chi connectivity index (χ0n) is 9.55. The van der Waals surface area contributed by atoms with Gasteiger partial charge in [-0.1, -0.05) is 6.07 Å². The molecule has 0 amide bonds. The summed E-state index contributed by atoms with van der Waals surface area (Å²) in [5.41, 5.74) is 1.90. The molecule has 2 heterocycles. The van der Waals surface area contributed by atoms with E-state index in [4.69, 9.17) is 11.6 Å². The van der Waals surface area contributed by atoms with Crippen molar-refractivity contribution in [2.24, 2.45) is 0 Å². The van der Waals surface area contributed by atoms with E-state index >= 15 is 0 Å². The van der Waals surface area contributed by atoms with Crippen molar-refractivity contribution in [1.82, 2.24) is 15.0 Å². The van der Waals surface area contributed by atoms with Gasteiger partial charge in [0.1, 0.15) is 0 Å². The van der Waals surface area contributed by atoms with Crippen molar-refractivity contribution in [3.63, 3.8) is 0 Å². The molecule has 0 unspecified atom stereocenters. The molecule has 0 spiro atoms. The highest BCUT2D eigenvalue weighted by atomic mass is 35.5. The van der Waals surface area contributed by atoms with Gasteiger partial charge in [-0.05, 0) is 12.1 Å². The highest BCUT2D eigenvalue weighted by molar-refractivity contribution is 6.17. The van der Waals surface area contributed by atoms with Crippen molar-refractivity contribution < 1.29 is 0 Å². The van der Waals surface area contributed by atoms with E-state index in [2.05, 4.69) is 15.0 Å². The van der Waals surface area contributed by atoms with Crippen molar-refractivity contribution in [1.29, 1.82) is 0 Å². The van der Waals surface area contributed by atoms with Gasteiger partial charge < -0.3 is 4.90 Å². The third kappa shape index (κ3) is 3.14. The van der Waals surface area contributed by atoms with Gasteiger partial charge in [-0.15, -0.1) is 11.6 Å². The van der Waals surface area contributed by atoms with E-state index in [0.29, 0.717) is 18.4 Å². The van der Waals surface area contributed by atoms with Crippen LogP contribution in [-0.4, -0.2) is 22.0 Å². The lowest BCUT2D eigenvalue weighted by atomic mass is 10.3. The zero-order chi connectivity index (χ0) is 12.1. The van der Waals surface area contributed by atoms with Crippen LogP contribution in [0.25, 0.3) is 0 Å². The van der Waals surface area contributed by atoms with Gasteiger partial charge in [-0.2, -0.15) is 0 Å². The smallest absolute Gasteiger partial charge is 0.225 e. The molecule has 0 radical (unpaired) electrons. The fourth-order valence-electron chi connectivity index (χ4n) is 1.42. The Morgan fingerprint density at radius 3 is 2.53 bits per heavy atom. The minimum Gasteiger partial charge on any atom is -0.338 e. The Hall–Kier alpha value is -1.68. The average Bonchev–Trinajstić information content (AvgIpc) is 2.40. The van der Waals surface area contributed by atoms with Gasteiger partial charge in [-0.3, -0.25) is 4.98 Å². The van der Waals surface area contributed by atoms with Crippen LogP contribution < -0.4 is 4.90 Å². The second-order valence-corrected chi connectivity index (χ2v) is 3.97. The maximum atomic E-state index is 5.68. The first-order valence-corrected chi connectivity index (χ1v) is 5.81. The highest BCUT2D eigenvalue weighted by Crippen LogP contribution is 2.09. The molecule has 0 aliphatic carbocycles. The number of hydrogen-bond acceptors (Lipinski definition) is 4. The second-order valence-electron chi connectivity index (χ2n) is 3.70. The third-order valence-electron chi connectivity index (χ3n) is 2.31. The van der Waals surface area contributed by atoms with Crippen LogP contribution in [0.15, 0.2) is 36.8 Å². The Morgan fingerprint density at radius 2 is 1.94 bits per heavy atom. The molecule has 5 heteroatoms. The summed E-state index contributed by atoms with van der Waals surface area (Å²) in [6.07, 6.45) is 5.26. The highest BCUT2D eigenvalue weighted by Gasteiger charge is 2.05. The van der Waals surface area contributed by atoms with Crippen LogP contribution in [0.2, 0.25) is 0 Å². The lowest BCUT2D eigenvalue weighted by Gasteiger charge is -2.16. The predicted molar refractivity (Wildman–Crippen MR) is 67.9 cm³/mol. The molecule has 0 N–H and O–H groups in total. The van der Waals surface area contributed by atoms with E-state index in [1.807, 2.05) is 30.1 Å². The molecule has 0 aliphatic rings. The van der Waals surface area contributed by atoms with Crippen LogP contribution in [0, 0.1) is 0 Å². The van der Waals surface area contributed by atoms with Gasteiger partial charge in [0, 0.05) is 31.2 Å². The van der Waals surface area contributed by atoms with Gasteiger partial charge in [-0.25, -0.2) is 9.97 Å². The van der Waals surface area contributed by atoms with Crippen molar-refractivity contribution in [3.05, 3.63) is 48.0 Å². The molecule has 0 aliphatic heterocycles. The topological polar surface area (TPSA) is 41.9 Å². The molecule has 17 heavy (non-hydrogen) atoms. The van der Waals surface area contributed by atoms with Crippen LogP contribution in [0.5, 0.6) is 0 Å². The molecular weight excluding hydrogens is 236 g/mol. The summed E-state index contributed by atoms with van der Waals surface area (Å²) < 4.78 is 0. The molecule has 0 bridgehead atoms. The summed E-state index contributed by atoms with van der Waals surface area (Å²) >= 11 is 5.68. The van der Waals surface area contributed by atoms with E-state index in [9.17, 15) is 0 Å². The van der Waals surface area contributed by atoms with E-state index in [1.54, 1.807) is 18.6 Å². The van der Waals surface area contributed by atoms with Crippen molar-refractivity contribution in [2.75, 3.05) is 11.9 Å². The van der Waals surface area contributed by atoms with E-state index < -0.39 is 0 Å². The Labute approximate surface area is 105 Å². The quantitative estimate of drug-likeness (QED) is 0.779. The van der Waals surface area contributed by atoms with Gasteiger partial charge >= 0.3 is 0 Å². The molecule has 88 valence electrons. The Bertz CT molecular complexity index is 458. The molecule has 0 saturated carbocycles. The first-order chi connectivity index (χ1) is 8.29. The Kier molecular flexibility index (Phi) is 3.88. The Balaban J connectivity index is 2.06. The molecule has 2 rings (SSSR count). The van der Waals surface area contributed by atoms with Gasteiger partial charge in [0.05, 0.1) is 18.1 Å². The van der Waals surface area contributed by atoms with E-state index in [-0.39, 0.29) is 0 Å². The first kappa shape index (κ1) is 11.8. The molecule has 0 aromatic carbocycles. The normalized spacial score (nSPS) is 10.2. The minimum absolute atomic E-state index is 0.435. The summed E-state index contributed by atoms with van der Waals surface area (Å²) in [6.45, 7) is 0.682.